The topological polar surface area (TPSA) is 120 Å². The Morgan fingerprint density at radius 1 is 1.16 bits per heavy atom. The van der Waals surface area contributed by atoms with Gasteiger partial charge >= 0.3 is 0 Å². The van der Waals surface area contributed by atoms with Crippen molar-refractivity contribution >= 4 is 49.9 Å². The molecule has 0 heterocycles. The van der Waals surface area contributed by atoms with Crippen LogP contribution >= 0.6 is 22.6 Å². The summed E-state index contributed by atoms with van der Waals surface area (Å²) >= 11 is 1.87. The van der Waals surface area contributed by atoms with E-state index in [0.717, 1.165) is 13.2 Å². The second-order valence-electron chi connectivity index (χ2n) is 6.35. The minimum atomic E-state index is -4.28. The van der Waals surface area contributed by atoms with Crippen molar-refractivity contribution in [1.29, 1.82) is 0 Å². The van der Waals surface area contributed by atoms with Gasteiger partial charge in [0.05, 0.1) is 25.5 Å². The molecule has 0 bridgehead atoms. The molecule has 8 nitrogen and oxygen atoms in total. The molecule has 0 spiro atoms. The van der Waals surface area contributed by atoms with Crippen LogP contribution in [-0.2, 0) is 10.2 Å². The van der Waals surface area contributed by atoms with E-state index in [1.165, 1.54) is 12.1 Å². The summed E-state index contributed by atoms with van der Waals surface area (Å²) in [5.74, 6) is -3.88. The van der Waals surface area contributed by atoms with Gasteiger partial charge in [-0.05, 0) is 53.6 Å². The van der Waals surface area contributed by atoms with Crippen LogP contribution in [0.1, 0.15) is 12.8 Å². The molecule has 0 aliphatic carbocycles. The first-order chi connectivity index (χ1) is 14.6. The van der Waals surface area contributed by atoms with Crippen LogP contribution in [-0.4, -0.2) is 45.0 Å². The van der Waals surface area contributed by atoms with E-state index < -0.39 is 51.7 Å². The Morgan fingerprint density at radius 2 is 1.87 bits per heavy atom. The summed E-state index contributed by atoms with van der Waals surface area (Å²) in [5.41, 5.74) is -1.35. The van der Waals surface area contributed by atoms with Crippen molar-refractivity contribution < 1.29 is 36.5 Å². The predicted octanol–water partition coefficient (Wildman–Crippen LogP) is 2.84. The Balaban J connectivity index is 2.33. The van der Waals surface area contributed by atoms with E-state index in [9.17, 15) is 26.7 Å². The maximum atomic E-state index is 14.6. The third-order valence-electron chi connectivity index (χ3n) is 4.05. The zero-order valence-electron chi connectivity index (χ0n) is 16.3. The van der Waals surface area contributed by atoms with E-state index in [2.05, 4.69) is 14.8 Å². The van der Waals surface area contributed by atoms with E-state index in [-0.39, 0.29) is 30.8 Å². The van der Waals surface area contributed by atoms with Crippen molar-refractivity contribution in [2.45, 2.75) is 18.9 Å². The first-order valence-electron chi connectivity index (χ1n) is 8.92. The highest BCUT2D eigenvalue weighted by molar-refractivity contribution is 14.1. The summed E-state index contributed by atoms with van der Waals surface area (Å²) in [6.07, 6.45) is -0.633. The first kappa shape index (κ1) is 25.5. The fraction of sp³-hybridized carbons (Fsp3) is 0.333. The smallest absolute Gasteiger partial charge is 0.299 e. The lowest BCUT2D eigenvalue weighted by Crippen LogP contribution is -2.32. The highest BCUT2D eigenvalue weighted by atomic mass is 127. The molecule has 31 heavy (non-hydrogen) atoms. The van der Waals surface area contributed by atoms with Crippen LogP contribution in [0.15, 0.2) is 24.3 Å². The van der Waals surface area contributed by atoms with Gasteiger partial charge in [-0.2, -0.15) is 13.1 Å². The average molecular weight is 575 g/mol. The van der Waals surface area contributed by atoms with Crippen molar-refractivity contribution in [3.8, 4) is 5.75 Å². The fourth-order valence-electron chi connectivity index (χ4n) is 2.51. The molecule has 2 aromatic rings. The summed E-state index contributed by atoms with van der Waals surface area (Å²) in [7, 11) is -3.15. The van der Waals surface area contributed by atoms with Crippen LogP contribution in [0.25, 0.3) is 0 Å². The number of hydrogen-bond donors (Lipinski definition) is 5. The molecule has 0 amide bonds. The molecule has 2 rings (SSSR count). The third kappa shape index (κ3) is 7.10. The molecule has 172 valence electrons. The quantitative estimate of drug-likeness (QED) is 0.208. The summed E-state index contributed by atoms with van der Waals surface area (Å²) in [4.78, 5) is 0. The number of ether oxygens (including phenoxy) is 1. The van der Waals surface area contributed by atoms with E-state index in [1.54, 1.807) is 0 Å². The van der Waals surface area contributed by atoms with E-state index >= 15 is 0 Å². The lowest BCUT2D eigenvalue weighted by Gasteiger charge is -2.19. The molecule has 0 saturated carbocycles. The van der Waals surface area contributed by atoms with Gasteiger partial charge in [-0.1, -0.05) is 0 Å². The van der Waals surface area contributed by atoms with Gasteiger partial charge in [-0.3, -0.25) is 4.72 Å². The second-order valence-corrected chi connectivity index (χ2v) is 9.10. The third-order valence-corrected chi connectivity index (χ3v) is 5.78. The summed E-state index contributed by atoms with van der Waals surface area (Å²) < 4.78 is 77.4. The van der Waals surface area contributed by atoms with Gasteiger partial charge in [0, 0.05) is 16.2 Å². The second kappa shape index (κ2) is 11.2. The number of anilines is 3. The molecule has 0 radical (unpaired) electrons. The molecule has 0 aliphatic heterocycles. The lowest BCUT2D eigenvalue weighted by atomic mass is 10.2. The van der Waals surface area contributed by atoms with Crippen molar-refractivity contribution in [3.63, 3.8) is 0 Å². The largest absolute Gasteiger partial charge is 0.494 e. The van der Waals surface area contributed by atoms with Crippen LogP contribution < -0.4 is 19.5 Å². The molecule has 1 atom stereocenters. The minimum absolute atomic E-state index is 0.104. The summed E-state index contributed by atoms with van der Waals surface area (Å²) in [6, 6.07) is 4.62. The van der Waals surface area contributed by atoms with Gasteiger partial charge in [-0.25, -0.2) is 13.2 Å². The molecule has 5 N–H and O–H groups in total. The minimum Gasteiger partial charge on any atom is -0.494 e. The number of benzene rings is 2. The number of rotatable bonds is 11. The number of aliphatic hydroxyl groups excluding tert-OH is 2. The highest BCUT2D eigenvalue weighted by Gasteiger charge is 2.24. The van der Waals surface area contributed by atoms with E-state index in [4.69, 9.17) is 9.84 Å². The number of aliphatic hydroxyl groups is 2. The zero-order chi connectivity index (χ0) is 23.2. The Morgan fingerprint density at radius 3 is 2.48 bits per heavy atom. The molecule has 13 heteroatoms. The van der Waals surface area contributed by atoms with Crippen LogP contribution in [0.2, 0.25) is 0 Å². The van der Waals surface area contributed by atoms with Gasteiger partial charge in [0.15, 0.2) is 11.6 Å². The van der Waals surface area contributed by atoms with Crippen LogP contribution in [0, 0.1) is 21.0 Å². The van der Waals surface area contributed by atoms with Gasteiger partial charge in [0.25, 0.3) is 10.2 Å². The normalized spacial score (nSPS) is 12.5. The predicted molar refractivity (Wildman–Crippen MR) is 118 cm³/mol. The Labute approximate surface area is 191 Å². The first-order valence-corrected chi connectivity index (χ1v) is 11.5. The summed E-state index contributed by atoms with van der Waals surface area (Å²) in [6.45, 7) is -0.561. The van der Waals surface area contributed by atoms with Crippen LogP contribution in [0.4, 0.5) is 30.2 Å². The van der Waals surface area contributed by atoms with E-state index in [0.29, 0.717) is 9.64 Å². The monoisotopic (exact) mass is 575 g/mol. The maximum absolute atomic E-state index is 14.6. The molecule has 2 aromatic carbocycles. The Kier molecular flexibility index (Phi) is 9.17. The van der Waals surface area contributed by atoms with E-state index in [1.807, 2.05) is 22.6 Å². The summed E-state index contributed by atoms with van der Waals surface area (Å²) in [5, 5.41) is 20.4. The Hall–Kier alpha value is -1.81. The maximum Gasteiger partial charge on any atom is 0.299 e. The van der Waals surface area contributed by atoms with Crippen LogP contribution in [0.3, 0.4) is 0 Å². The van der Waals surface area contributed by atoms with Crippen molar-refractivity contribution in [2.75, 3.05) is 30.3 Å². The number of halogens is 4. The standard InChI is InChI=1S/C18H21F3IN3O5S/c1-30-15-8-13(20)16(21)18(24-14-5-4-10(22)7-12(14)19)17(15)25-31(28,29)23-6-2-3-11(27)9-26/h4-5,7-8,11,23-27H,2-3,6,9H2,1H3. The molecule has 0 aromatic heterocycles. The van der Waals surface area contributed by atoms with Gasteiger partial charge in [0.1, 0.15) is 22.9 Å². The number of hydrogen-bond acceptors (Lipinski definition) is 6. The van der Waals surface area contributed by atoms with Gasteiger partial charge < -0.3 is 20.3 Å². The van der Waals surface area contributed by atoms with Gasteiger partial charge in [0.2, 0.25) is 0 Å². The molecule has 0 saturated heterocycles. The average Bonchev–Trinajstić information content (AvgIpc) is 2.71. The number of nitrogens with one attached hydrogen (secondary N) is 3. The highest BCUT2D eigenvalue weighted by Crippen LogP contribution is 2.39. The van der Waals surface area contributed by atoms with Crippen LogP contribution in [0.5, 0.6) is 5.75 Å². The van der Waals surface area contributed by atoms with Gasteiger partial charge in [-0.15, -0.1) is 0 Å². The van der Waals surface area contributed by atoms with Crippen molar-refractivity contribution in [3.05, 3.63) is 45.3 Å². The SMILES string of the molecule is COc1cc(F)c(F)c(Nc2ccc(I)cc2F)c1NS(=O)(=O)NCCCC(O)CO. The molecule has 1 unspecified atom stereocenters. The van der Waals surface area contributed by atoms with Crippen molar-refractivity contribution in [2.24, 2.45) is 0 Å². The lowest BCUT2D eigenvalue weighted by molar-refractivity contribution is 0.0869. The molecular weight excluding hydrogens is 554 g/mol. The molecule has 0 aliphatic rings. The zero-order valence-corrected chi connectivity index (χ0v) is 19.2. The Bertz CT molecular complexity index is 1030. The molecule has 0 fully saturated rings. The molecular formula is C18H21F3IN3O5S. The number of methoxy groups -OCH3 is 1. The fourth-order valence-corrected chi connectivity index (χ4v) is 3.92. The van der Waals surface area contributed by atoms with Crippen molar-refractivity contribution in [1.82, 2.24) is 4.72 Å².